The summed E-state index contributed by atoms with van der Waals surface area (Å²) in [7, 11) is 0. The third kappa shape index (κ3) is 3.46. The first kappa shape index (κ1) is 14.3. The van der Waals surface area contributed by atoms with Crippen LogP contribution in [0.15, 0.2) is 0 Å². The first-order valence-electron chi connectivity index (χ1n) is 7.79. The fourth-order valence-electron chi connectivity index (χ4n) is 3.62. The van der Waals surface area contributed by atoms with Gasteiger partial charge in [0, 0.05) is 31.8 Å². The van der Waals surface area contributed by atoms with Gasteiger partial charge in [-0.3, -0.25) is 4.90 Å². The minimum absolute atomic E-state index is 0.384. The van der Waals surface area contributed by atoms with Crippen molar-refractivity contribution in [2.24, 2.45) is 11.7 Å². The monoisotopic (exact) mass is 254 g/mol. The van der Waals surface area contributed by atoms with Crippen molar-refractivity contribution in [3.63, 3.8) is 0 Å². The molecule has 1 aliphatic carbocycles. The van der Waals surface area contributed by atoms with Gasteiger partial charge in [0.25, 0.3) is 0 Å². The number of nitrogens with two attached hydrogens (primary N) is 1. The number of rotatable bonds is 6. The second kappa shape index (κ2) is 6.88. The zero-order chi connectivity index (χ0) is 13.0. The third-order valence-corrected chi connectivity index (χ3v) is 4.43. The van der Waals surface area contributed by atoms with E-state index in [1.54, 1.807) is 0 Å². The Morgan fingerprint density at radius 3 is 2.39 bits per heavy atom. The van der Waals surface area contributed by atoms with Crippen molar-refractivity contribution in [2.75, 3.05) is 19.7 Å². The van der Waals surface area contributed by atoms with Gasteiger partial charge in [0.05, 0.1) is 6.10 Å². The van der Waals surface area contributed by atoms with Crippen LogP contribution in [0.2, 0.25) is 0 Å². The van der Waals surface area contributed by atoms with Crippen LogP contribution in [0.4, 0.5) is 0 Å². The summed E-state index contributed by atoms with van der Waals surface area (Å²) in [6, 6.07) is 1.20. The van der Waals surface area contributed by atoms with Gasteiger partial charge >= 0.3 is 0 Å². The van der Waals surface area contributed by atoms with Crippen LogP contribution in [-0.2, 0) is 4.74 Å². The van der Waals surface area contributed by atoms with Gasteiger partial charge in [0.2, 0.25) is 0 Å². The maximum Gasteiger partial charge on any atom is 0.0743 e. The number of nitrogens with zero attached hydrogens (tertiary/aromatic N) is 1. The molecule has 2 aliphatic rings. The van der Waals surface area contributed by atoms with E-state index in [-0.39, 0.29) is 0 Å². The Bertz CT molecular complexity index is 233. The van der Waals surface area contributed by atoms with Crippen LogP contribution in [0.3, 0.4) is 0 Å². The van der Waals surface area contributed by atoms with E-state index in [0.29, 0.717) is 18.1 Å². The zero-order valence-electron chi connectivity index (χ0n) is 12.1. The Morgan fingerprint density at radius 1 is 1.17 bits per heavy atom. The molecule has 1 saturated heterocycles. The second-order valence-corrected chi connectivity index (χ2v) is 6.38. The van der Waals surface area contributed by atoms with E-state index < -0.39 is 0 Å². The molecule has 2 unspecified atom stereocenters. The summed E-state index contributed by atoms with van der Waals surface area (Å²) in [5, 5.41) is 0. The normalized spacial score (nSPS) is 27.5. The molecule has 1 aliphatic heterocycles. The minimum atomic E-state index is 0.384. The van der Waals surface area contributed by atoms with E-state index in [4.69, 9.17) is 10.5 Å². The second-order valence-electron chi connectivity index (χ2n) is 6.38. The molecule has 0 aromatic rings. The summed E-state index contributed by atoms with van der Waals surface area (Å²) in [5.41, 5.74) is 6.08. The maximum absolute atomic E-state index is 6.08. The Kier molecular flexibility index (Phi) is 5.46. The smallest absolute Gasteiger partial charge is 0.0743 e. The van der Waals surface area contributed by atoms with E-state index >= 15 is 0 Å². The highest BCUT2D eigenvalue weighted by molar-refractivity contribution is 4.89. The van der Waals surface area contributed by atoms with E-state index in [1.165, 1.54) is 45.1 Å². The van der Waals surface area contributed by atoms with Gasteiger partial charge in [0.1, 0.15) is 0 Å². The van der Waals surface area contributed by atoms with Crippen molar-refractivity contribution in [2.45, 2.75) is 70.6 Å². The fourth-order valence-corrected chi connectivity index (χ4v) is 3.62. The Labute approximate surface area is 112 Å². The van der Waals surface area contributed by atoms with Crippen LogP contribution >= 0.6 is 0 Å². The van der Waals surface area contributed by atoms with E-state index in [0.717, 1.165) is 19.2 Å². The zero-order valence-corrected chi connectivity index (χ0v) is 12.1. The molecule has 3 nitrogen and oxygen atoms in total. The molecule has 0 amide bonds. The summed E-state index contributed by atoms with van der Waals surface area (Å²) in [6.07, 6.45) is 8.29. The van der Waals surface area contributed by atoms with Gasteiger partial charge in [0.15, 0.2) is 0 Å². The molecule has 2 rings (SSSR count). The van der Waals surface area contributed by atoms with Crippen LogP contribution in [0.5, 0.6) is 0 Å². The Morgan fingerprint density at radius 2 is 1.89 bits per heavy atom. The maximum atomic E-state index is 6.08. The van der Waals surface area contributed by atoms with Crippen LogP contribution in [0, 0.1) is 5.92 Å². The van der Waals surface area contributed by atoms with Crippen molar-refractivity contribution in [1.29, 1.82) is 0 Å². The van der Waals surface area contributed by atoms with Gasteiger partial charge in [-0.2, -0.15) is 0 Å². The minimum Gasteiger partial charge on any atom is -0.377 e. The number of hydrogen-bond acceptors (Lipinski definition) is 3. The van der Waals surface area contributed by atoms with E-state index in [2.05, 4.69) is 18.7 Å². The van der Waals surface area contributed by atoms with Gasteiger partial charge < -0.3 is 10.5 Å². The van der Waals surface area contributed by atoms with Crippen LogP contribution < -0.4 is 5.73 Å². The quantitative estimate of drug-likeness (QED) is 0.791. The molecule has 3 heteroatoms. The van der Waals surface area contributed by atoms with Crippen molar-refractivity contribution in [1.82, 2.24) is 4.90 Å². The molecule has 106 valence electrons. The average molecular weight is 254 g/mol. The van der Waals surface area contributed by atoms with Crippen molar-refractivity contribution in [3.05, 3.63) is 0 Å². The molecule has 0 spiro atoms. The van der Waals surface area contributed by atoms with Crippen molar-refractivity contribution >= 4 is 0 Å². The van der Waals surface area contributed by atoms with E-state index in [9.17, 15) is 0 Å². The summed E-state index contributed by atoms with van der Waals surface area (Å²) < 4.78 is 5.91. The van der Waals surface area contributed by atoms with Gasteiger partial charge in [-0.25, -0.2) is 0 Å². The van der Waals surface area contributed by atoms with Gasteiger partial charge in [-0.15, -0.1) is 0 Å². The molecular weight excluding hydrogens is 224 g/mol. The highest BCUT2D eigenvalue weighted by Gasteiger charge is 2.34. The van der Waals surface area contributed by atoms with Crippen molar-refractivity contribution < 1.29 is 4.74 Å². The average Bonchev–Trinajstić information content (AvgIpc) is 3.01. The first-order chi connectivity index (χ1) is 8.72. The van der Waals surface area contributed by atoms with Crippen molar-refractivity contribution in [3.8, 4) is 0 Å². The van der Waals surface area contributed by atoms with Crippen LogP contribution in [0.25, 0.3) is 0 Å². The molecule has 0 aromatic carbocycles. The molecule has 2 atom stereocenters. The first-order valence-corrected chi connectivity index (χ1v) is 7.79. The lowest BCUT2D eigenvalue weighted by Crippen LogP contribution is -2.53. The molecule has 0 radical (unpaired) electrons. The molecule has 1 saturated carbocycles. The standard InChI is InChI=1S/C15H30N2O/c1-12(2)11-17(13-6-3-4-7-13)14(10-16)15-8-5-9-18-15/h12-15H,3-11,16H2,1-2H3. The third-order valence-electron chi connectivity index (χ3n) is 4.43. The lowest BCUT2D eigenvalue weighted by atomic mass is 10.0. The lowest BCUT2D eigenvalue weighted by molar-refractivity contribution is 0.00387. The van der Waals surface area contributed by atoms with E-state index in [1.807, 2.05) is 0 Å². The molecular formula is C15H30N2O. The predicted molar refractivity (Wildman–Crippen MR) is 75.6 cm³/mol. The largest absolute Gasteiger partial charge is 0.377 e. The fraction of sp³-hybridized carbons (Fsp3) is 1.00. The van der Waals surface area contributed by atoms with Gasteiger partial charge in [-0.1, -0.05) is 26.7 Å². The lowest BCUT2D eigenvalue weighted by Gasteiger charge is -2.39. The predicted octanol–water partition coefficient (Wildman–Crippen LogP) is 2.39. The molecule has 2 fully saturated rings. The topological polar surface area (TPSA) is 38.5 Å². The summed E-state index contributed by atoms with van der Waals surface area (Å²) >= 11 is 0. The summed E-state index contributed by atoms with van der Waals surface area (Å²) in [4.78, 5) is 2.69. The highest BCUT2D eigenvalue weighted by atomic mass is 16.5. The SMILES string of the molecule is CC(C)CN(C1CCCC1)C(CN)C1CCCO1. The molecule has 1 heterocycles. The Hall–Kier alpha value is -0.120. The summed E-state index contributed by atoms with van der Waals surface area (Å²) in [5.74, 6) is 0.709. The van der Waals surface area contributed by atoms with Crippen LogP contribution in [0.1, 0.15) is 52.4 Å². The highest BCUT2D eigenvalue weighted by Crippen LogP contribution is 2.29. The number of ether oxygens (including phenoxy) is 1. The Balaban J connectivity index is 2.03. The molecule has 0 aromatic heterocycles. The molecule has 18 heavy (non-hydrogen) atoms. The molecule has 2 N–H and O–H groups in total. The van der Waals surface area contributed by atoms with Gasteiger partial charge in [-0.05, 0) is 31.6 Å². The van der Waals surface area contributed by atoms with Crippen LogP contribution in [-0.4, -0.2) is 42.8 Å². The summed E-state index contributed by atoms with van der Waals surface area (Å²) in [6.45, 7) is 7.47. The molecule has 0 bridgehead atoms. The number of hydrogen-bond donors (Lipinski definition) is 1.